The Bertz CT molecular complexity index is 341. The smallest absolute Gasteiger partial charge is 0.437 e. The van der Waals surface area contributed by atoms with Crippen molar-refractivity contribution in [3.05, 3.63) is 0 Å². The lowest BCUT2D eigenvalue weighted by Gasteiger charge is -2.33. The van der Waals surface area contributed by atoms with Gasteiger partial charge < -0.3 is 4.74 Å². The van der Waals surface area contributed by atoms with Crippen LogP contribution in [0.15, 0.2) is 0 Å². The Morgan fingerprint density at radius 1 is 1.50 bits per heavy atom. The lowest BCUT2D eigenvalue weighted by Crippen LogP contribution is -2.53. The summed E-state index contributed by atoms with van der Waals surface area (Å²) in [6, 6.07) is -0.165. The Hall–Kier alpha value is -1.11. The van der Waals surface area contributed by atoms with E-state index in [1.54, 1.807) is 0 Å². The zero-order valence-electron chi connectivity index (χ0n) is 8.26. The minimum Gasteiger partial charge on any atom is -0.437 e. The number of hydrogen-bond donors (Lipinski definition) is 1. The number of ketones is 1. The third-order valence-corrected chi connectivity index (χ3v) is 2.84. The molecule has 4 nitrogen and oxygen atoms in total. The summed E-state index contributed by atoms with van der Waals surface area (Å²) in [6.45, 7) is 0. The van der Waals surface area contributed by atoms with E-state index < -0.39 is 17.9 Å². The topological polar surface area (TPSA) is 55.4 Å². The predicted molar refractivity (Wildman–Crippen MR) is 45.3 cm³/mol. The first-order valence-corrected chi connectivity index (χ1v) is 4.90. The van der Waals surface area contributed by atoms with E-state index in [9.17, 15) is 22.8 Å². The maximum atomic E-state index is 12.0. The summed E-state index contributed by atoms with van der Waals surface area (Å²) < 4.78 is 40.5. The van der Waals surface area contributed by atoms with Crippen LogP contribution < -0.4 is 5.32 Å². The van der Waals surface area contributed by atoms with Gasteiger partial charge in [0.15, 0.2) is 5.72 Å². The second-order valence-electron chi connectivity index (χ2n) is 4.18. The van der Waals surface area contributed by atoms with Crippen LogP contribution in [0.5, 0.6) is 0 Å². The molecule has 7 heteroatoms. The molecule has 2 heterocycles. The molecule has 2 bridgehead atoms. The van der Waals surface area contributed by atoms with Gasteiger partial charge in [0.2, 0.25) is 0 Å². The summed E-state index contributed by atoms with van der Waals surface area (Å²) in [5.41, 5.74) is -1.42. The number of carbonyl (C=O) groups excluding carboxylic acids is 2. The van der Waals surface area contributed by atoms with E-state index in [0.717, 1.165) is 0 Å². The van der Waals surface area contributed by atoms with Gasteiger partial charge in [0.1, 0.15) is 5.78 Å². The van der Waals surface area contributed by atoms with E-state index in [2.05, 4.69) is 10.1 Å². The number of hydrogen-bond acceptors (Lipinski definition) is 4. The fourth-order valence-electron chi connectivity index (χ4n) is 2.23. The molecule has 2 aliphatic rings. The Balaban J connectivity index is 2.09. The van der Waals surface area contributed by atoms with Crippen molar-refractivity contribution in [1.82, 2.24) is 5.32 Å². The molecule has 0 spiro atoms. The molecular weight excluding hydrogens is 227 g/mol. The van der Waals surface area contributed by atoms with E-state index in [-0.39, 0.29) is 24.7 Å². The summed E-state index contributed by atoms with van der Waals surface area (Å²) in [4.78, 5) is 22.0. The van der Waals surface area contributed by atoms with Crippen molar-refractivity contribution < 1.29 is 27.5 Å². The Morgan fingerprint density at radius 3 is 2.81 bits per heavy atom. The largest absolute Gasteiger partial charge is 0.490 e. The molecule has 16 heavy (non-hydrogen) atoms. The summed E-state index contributed by atoms with van der Waals surface area (Å²) in [6.07, 6.45) is -4.09. The zero-order chi connectivity index (χ0) is 12.0. The number of rotatable bonds is 1. The monoisotopic (exact) mass is 237 g/mol. The predicted octanol–water partition coefficient (Wildman–Crippen LogP) is 0.903. The number of piperidine rings is 1. The Kier molecular flexibility index (Phi) is 2.45. The van der Waals surface area contributed by atoms with Crippen molar-refractivity contribution in [2.75, 3.05) is 0 Å². The Labute approximate surface area is 89.1 Å². The van der Waals surface area contributed by atoms with Gasteiger partial charge in [-0.25, -0.2) is 4.79 Å². The fourth-order valence-corrected chi connectivity index (χ4v) is 2.23. The van der Waals surface area contributed by atoms with Gasteiger partial charge in [0, 0.05) is 18.9 Å². The fraction of sp³-hybridized carbons (Fsp3) is 0.778. The third-order valence-electron chi connectivity index (χ3n) is 2.84. The molecule has 2 fully saturated rings. The molecule has 2 atom stereocenters. The van der Waals surface area contributed by atoms with Gasteiger partial charge in [-0.05, 0) is 6.42 Å². The molecule has 0 amide bonds. The normalized spacial score (nSPS) is 33.9. The molecule has 0 saturated carbocycles. The van der Waals surface area contributed by atoms with Crippen molar-refractivity contribution in [2.24, 2.45) is 0 Å². The van der Waals surface area contributed by atoms with Gasteiger partial charge in [-0.15, -0.1) is 0 Å². The van der Waals surface area contributed by atoms with Crippen LogP contribution in [0.1, 0.15) is 25.7 Å². The average molecular weight is 237 g/mol. The van der Waals surface area contributed by atoms with Gasteiger partial charge >= 0.3 is 12.1 Å². The maximum absolute atomic E-state index is 12.0. The summed E-state index contributed by atoms with van der Waals surface area (Å²) in [7, 11) is 0. The average Bonchev–Trinajstić information content (AvgIpc) is 2.40. The van der Waals surface area contributed by atoms with E-state index >= 15 is 0 Å². The summed E-state index contributed by atoms with van der Waals surface area (Å²) in [5.74, 6) is -2.41. The van der Waals surface area contributed by atoms with Crippen LogP contribution in [-0.4, -0.2) is 29.7 Å². The van der Waals surface area contributed by atoms with Gasteiger partial charge in [0.05, 0.1) is 6.42 Å². The van der Waals surface area contributed by atoms with Crippen molar-refractivity contribution >= 4 is 11.8 Å². The molecule has 1 N–H and O–H groups in total. The molecule has 0 aromatic carbocycles. The highest BCUT2D eigenvalue weighted by atomic mass is 19.4. The van der Waals surface area contributed by atoms with E-state index in [1.165, 1.54) is 0 Å². The minimum absolute atomic E-state index is 0.165. The number of esters is 1. The molecule has 2 rings (SSSR count). The van der Waals surface area contributed by atoms with Gasteiger partial charge in [0.25, 0.3) is 0 Å². The van der Waals surface area contributed by atoms with Crippen LogP contribution in [0.25, 0.3) is 0 Å². The molecule has 0 aromatic heterocycles. The minimum atomic E-state index is -5.02. The number of halogens is 3. The molecule has 0 aromatic rings. The van der Waals surface area contributed by atoms with Crippen LogP contribution in [0, 0.1) is 0 Å². The molecule has 0 aliphatic carbocycles. The maximum Gasteiger partial charge on any atom is 0.490 e. The molecular formula is C9H10F3NO3. The van der Waals surface area contributed by atoms with Gasteiger partial charge in [-0.1, -0.05) is 0 Å². The van der Waals surface area contributed by atoms with Crippen LogP contribution in [0.4, 0.5) is 13.2 Å². The van der Waals surface area contributed by atoms with Crippen molar-refractivity contribution in [1.29, 1.82) is 0 Å². The number of carbonyl (C=O) groups is 2. The van der Waals surface area contributed by atoms with Crippen molar-refractivity contribution in [3.63, 3.8) is 0 Å². The van der Waals surface area contributed by atoms with Crippen LogP contribution in [-0.2, 0) is 14.3 Å². The second kappa shape index (κ2) is 3.44. The lowest BCUT2D eigenvalue weighted by molar-refractivity contribution is -0.217. The van der Waals surface area contributed by atoms with E-state index in [4.69, 9.17) is 0 Å². The molecule has 2 aliphatic heterocycles. The van der Waals surface area contributed by atoms with E-state index in [1.807, 2.05) is 0 Å². The van der Waals surface area contributed by atoms with Gasteiger partial charge in [-0.3, -0.25) is 10.1 Å². The zero-order valence-corrected chi connectivity index (χ0v) is 8.26. The quantitative estimate of drug-likeness (QED) is 0.688. The molecule has 2 unspecified atom stereocenters. The summed E-state index contributed by atoms with van der Waals surface area (Å²) in [5, 5.41) is 2.77. The number of ether oxygens (including phenoxy) is 1. The van der Waals surface area contributed by atoms with Crippen LogP contribution >= 0.6 is 0 Å². The highest BCUT2D eigenvalue weighted by molar-refractivity contribution is 5.83. The number of alkyl halides is 3. The lowest BCUT2D eigenvalue weighted by atomic mass is 10.0. The SMILES string of the molecule is O=C1CC2CCC(OC(=O)C(F)(F)F)(C1)N2. The standard InChI is InChI=1S/C9H10F3NO3/c10-9(11,12)7(15)16-8-2-1-5(13-8)3-6(14)4-8/h5,13H,1-4H2. The van der Waals surface area contributed by atoms with Gasteiger partial charge in [-0.2, -0.15) is 13.2 Å². The molecule has 90 valence electrons. The highest BCUT2D eigenvalue weighted by Crippen LogP contribution is 2.36. The van der Waals surface area contributed by atoms with Crippen LogP contribution in [0.3, 0.4) is 0 Å². The van der Waals surface area contributed by atoms with Crippen molar-refractivity contribution in [3.8, 4) is 0 Å². The number of fused-ring (bicyclic) bond motifs is 2. The first-order valence-electron chi connectivity index (χ1n) is 4.90. The number of nitrogens with one attached hydrogen (secondary N) is 1. The van der Waals surface area contributed by atoms with E-state index in [0.29, 0.717) is 12.8 Å². The van der Waals surface area contributed by atoms with Crippen LogP contribution in [0.2, 0.25) is 0 Å². The van der Waals surface area contributed by atoms with Crippen molar-refractivity contribution in [2.45, 2.75) is 43.6 Å². The molecule has 0 radical (unpaired) electrons. The highest BCUT2D eigenvalue weighted by Gasteiger charge is 2.52. The first kappa shape index (κ1) is 11.4. The number of Topliss-reactive ketones (excluding diaryl/α,β-unsaturated/α-hetero) is 1. The third kappa shape index (κ3) is 2.04. The summed E-state index contributed by atoms with van der Waals surface area (Å²) >= 11 is 0. The molecule has 2 saturated heterocycles. The second-order valence-corrected chi connectivity index (χ2v) is 4.18. The first-order chi connectivity index (χ1) is 7.31. The Morgan fingerprint density at radius 2 is 2.19 bits per heavy atom.